The molecule has 11 heteroatoms. The molecule has 0 aromatic heterocycles. The van der Waals surface area contributed by atoms with E-state index in [1.807, 2.05) is 42.5 Å². The molecule has 11 nitrogen and oxygen atoms in total. The van der Waals surface area contributed by atoms with Crippen LogP contribution in [0.1, 0.15) is 33.3 Å². The highest BCUT2D eigenvalue weighted by atomic mass is 16.7. The minimum Gasteiger partial charge on any atom is -0.463 e. The van der Waals surface area contributed by atoms with Crippen LogP contribution in [-0.4, -0.2) is 67.0 Å². The highest BCUT2D eigenvalue weighted by molar-refractivity contribution is 5.90. The fourth-order valence-electron chi connectivity index (χ4n) is 4.18. The Morgan fingerprint density at radius 3 is 2.05 bits per heavy atom. The Morgan fingerprint density at radius 1 is 0.784 bits per heavy atom. The number of nitrogens with one attached hydrogen (secondary N) is 1. The lowest BCUT2D eigenvalue weighted by Crippen LogP contribution is -2.67. The van der Waals surface area contributed by atoms with Crippen molar-refractivity contribution >= 4 is 40.6 Å². The van der Waals surface area contributed by atoms with Gasteiger partial charge in [-0.2, -0.15) is 0 Å². The smallest absolute Gasteiger partial charge is 0.305 e. The van der Waals surface area contributed by atoms with Crippen LogP contribution in [0.4, 0.5) is 0 Å². The average Bonchev–Trinajstić information content (AvgIpc) is 2.81. The molecule has 0 aliphatic carbocycles. The van der Waals surface area contributed by atoms with Crippen molar-refractivity contribution in [3.05, 3.63) is 48.0 Å². The van der Waals surface area contributed by atoms with E-state index in [9.17, 15) is 24.0 Å². The Hall–Kier alpha value is -3.99. The Kier molecular flexibility index (Phi) is 9.18. The van der Waals surface area contributed by atoms with Gasteiger partial charge in [-0.05, 0) is 16.3 Å². The normalized spacial score (nSPS) is 23.0. The molecule has 2 aromatic rings. The molecule has 1 heterocycles. The van der Waals surface area contributed by atoms with Crippen LogP contribution in [0.2, 0.25) is 0 Å². The zero-order chi connectivity index (χ0) is 27.1. The van der Waals surface area contributed by atoms with Crippen LogP contribution >= 0.6 is 0 Å². The molecule has 1 N–H and O–H groups in total. The third-order valence-electron chi connectivity index (χ3n) is 5.54. The van der Waals surface area contributed by atoms with Gasteiger partial charge in [-0.15, -0.1) is 0 Å². The second kappa shape index (κ2) is 12.3. The van der Waals surface area contributed by atoms with Crippen LogP contribution < -0.4 is 5.32 Å². The van der Waals surface area contributed by atoms with E-state index in [1.54, 1.807) is 0 Å². The number of hydrogen-bond acceptors (Lipinski definition) is 10. The zero-order valence-corrected chi connectivity index (χ0v) is 20.9. The van der Waals surface area contributed by atoms with Gasteiger partial charge in [-0.25, -0.2) is 0 Å². The maximum absolute atomic E-state index is 13.2. The third-order valence-corrected chi connectivity index (χ3v) is 5.54. The van der Waals surface area contributed by atoms with Crippen molar-refractivity contribution in [3.8, 4) is 0 Å². The van der Waals surface area contributed by atoms with Crippen LogP contribution in [0.25, 0.3) is 10.8 Å². The quantitative estimate of drug-likeness (QED) is 0.406. The third kappa shape index (κ3) is 7.50. The molecule has 37 heavy (non-hydrogen) atoms. The predicted molar refractivity (Wildman–Crippen MR) is 128 cm³/mol. The molecule has 198 valence electrons. The standard InChI is InChI=1S/C26H29NO10/c1-14(28)33-13-21-24(34-15(2)29)25(35-16(3)30)23(26(37-21)36-17(4)31)27-22(32)12-19-10-7-9-18-8-5-6-11-20(18)19/h5-11,21,23-26H,12-13H2,1-4H3,(H,27,32)/t21-,23-,24+,25+,26+/m0/s1. The summed E-state index contributed by atoms with van der Waals surface area (Å²) >= 11 is 0. The van der Waals surface area contributed by atoms with Crippen molar-refractivity contribution in [2.24, 2.45) is 0 Å². The molecule has 0 saturated carbocycles. The summed E-state index contributed by atoms with van der Waals surface area (Å²) in [6.07, 6.45) is -5.25. The van der Waals surface area contributed by atoms with Gasteiger partial charge in [0.05, 0.1) is 6.42 Å². The number of carbonyl (C=O) groups is 5. The fourth-order valence-corrected chi connectivity index (χ4v) is 4.18. The van der Waals surface area contributed by atoms with Gasteiger partial charge in [0.2, 0.25) is 12.2 Å². The zero-order valence-electron chi connectivity index (χ0n) is 20.9. The number of hydrogen-bond donors (Lipinski definition) is 1. The topological polar surface area (TPSA) is 144 Å². The van der Waals surface area contributed by atoms with E-state index in [2.05, 4.69) is 5.32 Å². The number of benzene rings is 2. The summed E-state index contributed by atoms with van der Waals surface area (Å²) in [6, 6.07) is 11.9. The van der Waals surface area contributed by atoms with Gasteiger partial charge in [0.15, 0.2) is 12.2 Å². The molecule has 1 amide bonds. The van der Waals surface area contributed by atoms with Crippen molar-refractivity contribution < 1.29 is 47.7 Å². The van der Waals surface area contributed by atoms with E-state index in [4.69, 9.17) is 23.7 Å². The molecule has 3 rings (SSSR count). The molecule has 0 bridgehead atoms. The lowest BCUT2D eigenvalue weighted by molar-refractivity contribution is -0.271. The molecule has 2 aromatic carbocycles. The summed E-state index contributed by atoms with van der Waals surface area (Å²) in [5, 5.41) is 4.55. The first-order valence-corrected chi connectivity index (χ1v) is 11.6. The monoisotopic (exact) mass is 515 g/mol. The van der Waals surface area contributed by atoms with Crippen LogP contribution in [-0.2, 0) is 54.1 Å². The van der Waals surface area contributed by atoms with Crippen molar-refractivity contribution in [1.29, 1.82) is 0 Å². The van der Waals surface area contributed by atoms with Gasteiger partial charge >= 0.3 is 23.9 Å². The van der Waals surface area contributed by atoms with E-state index in [0.29, 0.717) is 0 Å². The molecule has 1 fully saturated rings. The highest BCUT2D eigenvalue weighted by Crippen LogP contribution is 2.28. The molecule has 0 radical (unpaired) electrons. The van der Waals surface area contributed by atoms with E-state index >= 15 is 0 Å². The minimum atomic E-state index is -1.44. The predicted octanol–water partition coefficient (Wildman–Crippen LogP) is 1.58. The first-order valence-electron chi connectivity index (χ1n) is 11.6. The summed E-state index contributed by atoms with van der Waals surface area (Å²) in [6.45, 7) is 4.20. The first-order chi connectivity index (χ1) is 17.5. The highest BCUT2D eigenvalue weighted by Gasteiger charge is 2.52. The van der Waals surface area contributed by atoms with Crippen LogP contribution in [0.5, 0.6) is 0 Å². The number of amides is 1. The van der Waals surface area contributed by atoms with Crippen molar-refractivity contribution in [2.45, 2.75) is 64.8 Å². The van der Waals surface area contributed by atoms with Crippen molar-refractivity contribution in [3.63, 3.8) is 0 Å². The summed E-state index contributed by atoms with van der Waals surface area (Å²) in [4.78, 5) is 60.3. The van der Waals surface area contributed by atoms with Crippen molar-refractivity contribution in [1.82, 2.24) is 5.32 Å². The Balaban J connectivity index is 1.93. The van der Waals surface area contributed by atoms with Crippen LogP contribution in [0, 0.1) is 0 Å². The summed E-state index contributed by atoms with van der Waals surface area (Å²) in [5.74, 6) is -3.34. The van der Waals surface area contributed by atoms with E-state index in [-0.39, 0.29) is 13.0 Å². The molecular weight excluding hydrogens is 486 g/mol. The SMILES string of the molecule is CC(=O)OC[C@@H]1O[C@@H](OC(C)=O)[C@@H](NC(=O)Cc2cccc3ccccc23)[C@@H](OC(C)=O)[C@@H]1OC(C)=O. The summed E-state index contributed by atoms with van der Waals surface area (Å²) in [5.41, 5.74) is 0.740. The number of carbonyl (C=O) groups excluding carboxylic acids is 5. The Bertz CT molecular complexity index is 1170. The van der Waals surface area contributed by atoms with Gasteiger partial charge in [0.25, 0.3) is 0 Å². The van der Waals surface area contributed by atoms with Crippen LogP contribution in [0.3, 0.4) is 0 Å². The summed E-state index contributed by atoms with van der Waals surface area (Å²) < 4.78 is 26.9. The molecule has 1 aliphatic heterocycles. The minimum absolute atomic E-state index is 0.0491. The molecule has 5 atom stereocenters. The van der Waals surface area contributed by atoms with E-state index in [0.717, 1.165) is 37.1 Å². The van der Waals surface area contributed by atoms with Crippen LogP contribution in [0.15, 0.2) is 42.5 Å². The first kappa shape index (κ1) is 27.6. The molecular formula is C26H29NO10. The second-order valence-corrected chi connectivity index (χ2v) is 8.51. The number of rotatable bonds is 8. The average molecular weight is 516 g/mol. The number of fused-ring (bicyclic) bond motifs is 1. The molecule has 1 saturated heterocycles. The molecule has 0 spiro atoms. The van der Waals surface area contributed by atoms with E-state index < -0.39 is 60.4 Å². The van der Waals surface area contributed by atoms with Gasteiger partial charge < -0.3 is 29.0 Å². The van der Waals surface area contributed by atoms with Crippen molar-refractivity contribution in [2.75, 3.05) is 6.61 Å². The fraction of sp³-hybridized carbons (Fsp3) is 0.423. The molecule has 1 aliphatic rings. The van der Waals surface area contributed by atoms with Gasteiger partial charge in [0, 0.05) is 27.7 Å². The lowest BCUT2D eigenvalue weighted by atomic mass is 9.95. The maximum atomic E-state index is 13.2. The van der Waals surface area contributed by atoms with Gasteiger partial charge in [-0.1, -0.05) is 42.5 Å². The van der Waals surface area contributed by atoms with Gasteiger partial charge in [-0.3, -0.25) is 24.0 Å². The second-order valence-electron chi connectivity index (χ2n) is 8.51. The Labute approximate surface area is 213 Å². The Morgan fingerprint density at radius 2 is 1.41 bits per heavy atom. The largest absolute Gasteiger partial charge is 0.463 e. The number of ether oxygens (including phenoxy) is 5. The number of esters is 4. The molecule has 0 unspecified atom stereocenters. The van der Waals surface area contributed by atoms with E-state index in [1.165, 1.54) is 6.92 Å². The van der Waals surface area contributed by atoms with Gasteiger partial charge in [0.1, 0.15) is 18.8 Å². The maximum Gasteiger partial charge on any atom is 0.305 e. The summed E-state index contributed by atoms with van der Waals surface area (Å²) in [7, 11) is 0. The lowest BCUT2D eigenvalue weighted by Gasteiger charge is -2.44.